The van der Waals surface area contributed by atoms with Crippen molar-refractivity contribution in [2.24, 2.45) is 5.92 Å². The lowest BCUT2D eigenvalue weighted by Crippen LogP contribution is -2.58. The predicted octanol–water partition coefficient (Wildman–Crippen LogP) is 2.61. The van der Waals surface area contributed by atoms with Gasteiger partial charge in [0, 0.05) is 43.7 Å². The van der Waals surface area contributed by atoms with Crippen molar-refractivity contribution in [1.82, 2.24) is 14.1 Å². The van der Waals surface area contributed by atoms with E-state index in [2.05, 4.69) is 0 Å². The van der Waals surface area contributed by atoms with Gasteiger partial charge in [-0.2, -0.15) is 4.31 Å². The Morgan fingerprint density at radius 2 is 1.87 bits per heavy atom. The van der Waals surface area contributed by atoms with E-state index >= 15 is 0 Å². The Morgan fingerprint density at radius 3 is 2.53 bits per heavy atom. The Morgan fingerprint density at radius 1 is 1.18 bits per heavy atom. The number of sulfonamides is 1. The number of halogens is 3. The van der Waals surface area contributed by atoms with Gasteiger partial charge in [-0.3, -0.25) is 4.90 Å². The Labute approximate surface area is 226 Å². The van der Waals surface area contributed by atoms with E-state index in [9.17, 15) is 22.0 Å². The standard InChI is InChI=1S/C25H32ClF2N3O6S/c1-17-22(12-19(27)13-23(17)28)24-16-36-14-20(31(24)38(34,35)21-4-2-18(26)3-5-21)15-37-25(33)30-8-6-29(7-9-30)10-11-32/h2-5,12-13,17,20,23-24,32H,6-11,14-16H2,1H3/t17?,20-,23?,24-/m0/s1. The summed E-state index contributed by atoms with van der Waals surface area (Å²) >= 11 is 5.96. The van der Waals surface area contributed by atoms with Gasteiger partial charge in [-0.1, -0.05) is 18.5 Å². The monoisotopic (exact) mass is 575 g/mol. The number of carbonyl (C=O) groups excluding carboxylic acids is 1. The van der Waals surface area contributed by atoms with E-state index in [4.69, 9.17) is 26.2 Å². The van der Waals surface area contributed by atoms with E-state index in [0.29, 0.717) is 37.7 Å². The summed E-state index contributed by atoms with van der Waals surface area (Å²) in [5.74, 6) is -1.58. The van der Waals surface area contributed by atoms with Crippen molar-refractivity contribution in [2.75, 3.05) is 59.2 Å². The number of β-amino-alcohol motifs (C(OH)–C–C–N with tert-alkyl or cyclic N) is 1. The molecule has 2 saturated heterocycles. The molecule has 2 aliphatic heterocycles. The zero-order chi connectivity index (χ0) is 27.4. The van der Waals surface area contributed by atoms with Gasteiger partial charge in [0.25, 0.3) is 0 Å². The van der Waals surface area contributed by atoms with Crippen LogP contribution in [0.4, 0.5) is 13.6 Å². The average molecular weight is 576 g/mol. The number of hydrogen-bond acceptors (Lipinski definition) is 7. The van der Waals surface area contributed by atoms with Crippen LogP contribution in [-0.4, -0.2) is 111 Å². The summed E-state index contributed by atoms with van der Waals surface area (Å²) in [7, 11) is -4.22. The molecule has 2 unspecified atom stereocenters. The fourth-order valence-electron chi connectivity index (χ4n) is 4.95. The van der Waals surface area contributed by atoms with Gasteiger partial charge in [0.2, 0.25) is 10.0 Å². The number of alkyl halides is 1. The molecule has 3 aliphatic rings. The Hall–Kier alpha value is -2.09. The number of hydrogen-bond donors (Lipinski definition) is 1. The number of amides is 1. The molecule has 2 fully saturated rings. The maximum Gasteiger partial charge on any atom is 0.409 e. The molecule has 2 heterocycles. The number of nitrogens with zero attached hydrogens (tertiary/aromatic N) is 3. The number of allylic oxidation sites excluding steroid dienone is 3. The zero-order valence-electron chi connectivity index (χ0n) is 21.0. The van der Waals surface area contributed by atoms with Crippen LogP contribution >= 0.6 is 11.6 Å². The lowest BCUT2D eigenvalue weighted by atomic mass is 9.86. The highest BCUT2D eigenvalue weighted by molar-refractivity contribution is 7.89. The van der Waals surface area contributed by atoms with E-state index in [-0.39, 0.29) is 36.9 Å². The number of carbonyl (C=O) groups is 1. The van der Waals surface area contributed by atoms with Crippen LogP contribution in [0.3, 0.4) is 0 Å². The molecule has 13 heteroatoms. The van der Waals surface area contributed by atoms with Gasteiger partial charge in [0.05, 0.1) is 36.8 Å². The third-order valence-electron chi connectivity index (χ3n) is 7.10. The first-order valence-electron chi connectivity index (χ1n) is 12.5. The minimum absolute atomic E-state index is 0.0309. The first-order chi connectivity index (χ1) is 18.1. The topological polar surface area (TPSA) is 99.6 Å². The predicted molar refractivity (Wildman–Crippen MR) is 137 cm³/mol. The number of ether oxygens (including phenoxy) is 2. The largest absolute Gasteiger partial charge is 0.448 e. The number of aliphatic hydroxyl groups excluding tert-OH is 1. The Balaban J connectivity index is 1.58. The lowest BCUT2D eigenvalue weighted by Gasteiger charge is -2.43. The summed E-state index contributed by atoms with van der Waals surface area (Å²) in [6.45, 7) is 3.60. The highest BCUT2D eigenvalue weighted by Gasteiger charge is 2.45. The van der Waals surface area contributed by atoms with Gasteiger partial charge < -0.3 is 19.5 Å². The second-order valence-electron chi connectivity index (χ2n) is 9.55. The van der Waals surface area contributed by atoms with Gasteiger partial charge >= 0.3 is 6.09 Å². The molecule has 38 heavy (non-hydrogen) atoms. The molecule has 0 saturated carbocycles. The molecule has 4 atom stereocenters. The van der Waals surface area contributed by atoms with Crippen molar-refractivity contribution >= 4 is 27.7 Å². The molecule has 4 rings (SSSR count). The SMILES string of the molecule is CC1C([C@@H]2COC[C@@H](COC(=O)N3CCN(CCO)CC3)N2S(=O)(=O)c2ccc(Cl)cc2)=CC(F)=CC1F. The Kier molecular flexibility index (Phi) is 9.43. The first-order valence-corrected chi connectivity index (χ1v) is 14.3. The highest BCUT2D eigenvalue weighted by Crippen LogP contribution is 2.36. The molecule has 0 spiro atoms. The maximum atomic E-state index is 14.6. The van der Waals surface area contributed by atoms with Crippen molar-refractivity contribution in [1.29, 1.82) is 0 Å². The van der Waals surface area contributed by atoms with Crippen molar-refractivity contribution < 1.29 is 36.6 Å². The van der Waals surface area contributed by atoms with E-state index in [0.717, 1.165) is 16.5 Å². The molecule has 0 bridgehead atoms. The normalized spacial score (nSPS) is 27.6. The molecular weight excluding hydrogens is 544 g/mol. The van der Waals surface area contributed by atoms with E-state index in [1.165, 1.54) is 29.2 Å². The quantitative estimate of drug-likeness (QED) is 0.533. The van der Waals surface area contributed by atoms with Crippen LogP contribution in [0.15, 0.2) is 52.7 Å². The third-order valence-corrected chi connectivity index (χ3v) is 9.33. The molecule has 1 N–H and O–H groups in total. The van der Waals surface area contributed by atoms with Crippen molar-refractivity contribution in [3.63, 3.8) is 0 Å². The molecule has 0 radical (unpaired) electrons. The van der Waals surface area contributed by atoms with E-state index < -0.39 is 46.1 Å². The number of piperazine rings is 1. The minimum Gasteiger partial charge on any atom is -0.448 e. The van der Waals surface area contributed by atoms with E-state index in [1.54, 1.807) is 6.92 Å². The summed E-state index contributed by atoms with van der Waals surface area (Å²) in [5, 5.41) is 9.45. The van der Waals surface area contributed by atoms with Crippen LogP contribution in [0.25, 0.3) is 0 Å². The van der Waals surface area contributed by atoms with Crippen molar-refractivity contribution in [3.05, 3.63) is 52.8 Å². The molecule has 1 aromatic carbocycles. The van der Waals surface area contributed by atoms with Crippen LogP contribution in [-0.2, 0) is 19.5 Å². The fourth-order valence-corrected chi connectivity index (χ4v) is 6.83. The van der Waals surface area contributed by atoms with Crippen LogP contribution in [0.2, 0.25) is 5.02 Å². The second kappa shape index (κ2) is 12.4. The van der Waals surface area contributed by atoms with Gasteiger partial charge in [0.15, 0.2) is 0 Å². The molecular formula is C25H32ClF2N3O6S. The van der Waals surface area contributed by atoms with Gasteiger partial charge in [-0.25, -0.2) is 22.0 Å². The fraction of sp³-hybridized carbons (Fsp3) is 0.560. The van der Waals surface area contributed by atoms with Gasteiger partial charge in [-0.15, -0.1) is 0 Å². The summed E-state index contributed by atoms with van der Waals surface area (Å²) < 4.78 is 69.0. The van der Waals surface area contributed by atoms with Gasteiger partial charge in [0.1, 0.15) is 18.6 Å². The van der Waals surface area contributed by atoms with Crippen LogP contribution < -0.4 is 0 Å². The number of aliphatic hydroxyl groups is 1. The second-order valence-corrected chi connectivity index (χ2v) is 11.8. The van der Waals surface area contributed by atoms with E-state index in [1.807, 2.05) is 4.90 Å². The first kappa shape index (κ1) is 28.9. The molecule has 1 aromatic rings. The van der Waals surface area contributed by atoms with Crippen molar-refractivity contribution in [2.45, 2.75) is 30.1 Å². The highest BCUT2D eigenvalue weighted by atomic mass is 35.5. The summed E-state index contributed by atoms with van der Waals surface area (Å²) in [5.41, 5.74) is 0.242. The van der Waals surface area contributed by atoms with Crippen LogP contribution in [0, 0.1) is 5.92 Å². The number of morpholine rings is 1. The average Bonchev–Trinajstić information content (AvgIpc) is 2.90. The zero-order valence-corrected chi connectivity index (χ0v) is 22.6. The van der Waals surface area contributed by atoms with Gasteiger partial charge in [-0.05, 0) is 42.0 Å². The van der Waals surface area contributed by atoms with Crippen LogP contribution in [0.1, 0.15) is 6.92 Å². The molecule has 210 valence electrons. The van der Waals surface area contributed by atoms with Crippen LogP contribution in [0.5, 0.6) is 0 Å². The minimum atomic E-state index is -4.22. The number of rotatable bonds is 7. The maximum absolute atomic E-state index is 14.6. The molecule has 1 aliphatic carbocycles. The Bertz CT molecular complexity index is 1160. The summed E-state index contributed by atoms with van der Waals surface area (Å²) in [6.07, 6.45) is -0.213. The lowest BCUT2D eigenvalue weighted by molar-refractivity contribution is -0.0250. The summed E-state index contributed by atoms with van der Waals surface area (Å²) in [6, 6.07) is 3.65. The molecule has 9 nitrogen and oxygen atoms in total. The van der Waals surface area contributed by atoms with Crippen molar-refractivity contribution in [3.8, 4) is 0 Å². The summed E-state index contributed by atoms with van der Waals surface area (Å²) in [4.78, 5) is 16.3. The number of benzene rings is 1. The molecule has 0 aromatic heterocycles. The third kappa shape index (κ3) is 6.37. The molecule has 1 amide bonds. The smallest absolute Gasteiger partial charge is 0.409 e.